The van der Waals surface area contributed by atoms with Gasteiger partial charge >= 0.3 is 6.09 Å². The number of primary amides is 1. The van der Waals surface area contributed by atoms with Crippen molar-refractivity contribution in [2.24, 2.45) is 5.73 Å². The summed E-state index contributed by atoms with van der Waals surface area (Å²) >= 11 is 0. The number of nitrogens with zero attached hydrogens (tertiary/aromatic N) is 1. The SMILES string of the molecule is N#Cc1ccccc1C[C@@H](NC(=O)[C@H](Cc1ccccc1)NC(=O)OCc1ccccc1)C(N)=O. The zero-order valence-corrected chi connectivity index (χ0v) is 19.0. The highest BCUT2D eigenvalue weighted by atomic mass is 16.5. The molecule has 8 heteroatoms. The normalized spacial score (nSPS) is 12.0. The van der Waals surface area contributed by atoms with Crippen molar-refractivity contribution in [2.75, 3.05) is 0 Å². The summed E-state index contributed by atoms with van der Waals surface area (Å²) in [5, 5.41) is 14.5. The third-order valence-corrected chi connectivity index (χ3v) is 5.33. The highest BCUT2D eigenvalue weighted by Gasteiger charge is 2.27. The minimum absolute atomic E-state index is 0.0429. The Labute approximate surface area is 203 Å². The summed E-state index contributed by atoms with van der Waals surface area (Å²) in [7, 11) is 0. The first-order valence-corrected chi connectivity index (χ1v) is 11.0. The van der Waals surface area contributed by atoms with Gasteiger partial charge in [0.25, 0.3) is 0 Å². The number of carbonyl (C=O) groups is 3. The Bertz CT molecular complexity index is 1190. The molecule has 4 N–H and O–H groups in total. The Hall–Kier alpha value is -4.64. The number of nitrogens with one attached hydrogen (secondary N) is 2. The van der Waals surface area contributed by atoms with Gasteiger partial charge in [-0.15, -0.1) is 0 Å². The van der Waals surface area contributed by atoms with Crippen LogP contribution in [-0.2, 0) is 33.8 Å². The van der Waals surface area contributed by atoms with Gasteiger partial charge in [-0.3, -0.25) is 9.59 Å². The number of nitriles is 1. The van der Waals surface area contributed by atoms with Crippen molar-refractivity contribution in [2.45, 2.75) is 31.5 Å². The minimum Gasteiger partial charge on any atom is -0.445 e. The molecule has 3 rings (SSSR count). The molecule has 0 radical (unpaired) electrons. The topological polar surface area (TPSA) is 134 Å². The van der Waals surface area contributed by atoms with Gasteiger partial charge in [0.05, 0.1) is 11.6 Å². The highest BCUT2D eigenvalue weighted by molar-refractivity contribution is 5.91. The van der Waals surface area contributed by atoms with Crippen LogP contribution in [0.3, 0.4) is 0 Å². The molecule has 0 bridgehead atoms. The van der Waals surface area contributed by atoms with Crippen LogP contribution in [0.5, 0.6) is 0 Å². The van der Waals surface area contributed by atoms with Crippen LogP contribution < -0.4 is 16.4 Å². The lowest BCUT2D eigenvalue weighted by Crippen LogP contribution is -2.54. The zero-order valence-electron chi connectivity index (χ0n) is 19.0. The summed E-state index contributed by atoms with van der Waals surface area (Å²) in [5.74, 6) is -1.35. The maximum absolute atomic E-state index is 13.2. The number of hydrogen-bond acceptors (Lipinski definition) is 5. The molecule has 0 fully saturated rings. The van der Waals surface area contributed by atoms with E-state index in [1.807, 2.05) is 60.7 Å². The van der Waals surface area contributed by atoms with E-state index in [2.05, 4.69) is 16.7 Å². The summed E-state index contributed by atoms with van der Waals surface area (Å²) in [6.07, 6.45) is -0.551. The number of alkyl carbamates (subject to hydrolysis) is 1. The quantitative estimate of drug-likeness (QED) is 0.419. The van der Waals surface area contributed by atoms with E-state index in [1.54, 1.807) is 24.3 Å². The van der Waals surface area contributed by atoms with Crippen molar-refractivity contribution in [3.63, 3.8) is 0 Å². The zero-order chi connectivity index (χ0) is 25.0. The summed E-state index contributed by atoms with van der Waals surface area (Å²) in [5.41, 5.74) is 8.11. The van der Waals surface area contributed by atoms with Gasteiger partial charge in [-0.1, -0.05) is 78.9 Å². The van der Waals surface area contributed by atoms with E-state index in [0.29, 0.717) is 11.1 Å². The molecule has 0 unspecified atom stereocenters. The lowest BCUT2D eigenvalue weighted by molar-refractivity contribution is -0.128. The predicted octanol–water partition coefficient (Wildman–Crippen LogP) is 2.61. The largest absolute Gasteiger partial charge is 0.445 e. The van der Waals surface area contributed by atoms with E-state index in [0.717, 1.165) is 11.1 Å². The molecular weight excluding hydrogens is 444 g/mol. The van der Waals surface area contributed by atoms with Gasteiger partial charge in [-0.25, -0.2) is 4.79 Å². The average molecular weight is 471 g/mol. The number of rotatable bonds is 10. The third-order valence-electron chi connectivity index (χ3n) is 5.33. The molecule has 0 aliphatic rings. The maximum atomic E-state index is 13.2. The predicted molar refractivity (Wildman–Crippen MR) is 130 cm³/mol. The van der Waals surface area contributed by atoms with Crippen LogP contribution in [0.1, 0.15) is 22.3 Å². The molecule has 0 spiro atoms. The highest BCUT2D eigenvalue weighted by Crippen LogP contribution is 2.11. The Morgan fingerprint density at radius 1 is 0.800 bits per heavy atom. The Morgan fingerprint density at radius 3 is 2.03 bits per heavy atom. The Kier molecular flexibility index (Phi) is 8.97. The second kappa shape index (κ2) is 12.6. The molecule has 8 nitrogen and oxygen atoms in total. The van der Waals surface area contributed by atoms with Crippen LogP contribution in [0.2, 0.25) is 0 Å². The van der Waals surface area contributed by atoms with E-state index in [9.17, 15) is 19.6 Å². The van der Waals surface area contributed by atoms with E-state index in [-0.39, 0.29) is 19.4 Å². The first-order valence-electron chi connectivity index (χ1n) is 11.0. The lowest BCUT2D eigenvalue weighted by atomic mass is 9.99. The van der Waals surface area contributed by atoms with Crippen LogP contribution in [0.25, 0.3) is 0 Å². The summed E-state index contributed by atoms with van der Waals surface area (Å²) < 4.78 is 5.27. The van der Waals surface area contributed by atoms with Crippen molar-refractivity contribution >= 4 is 17.9 Å². The van der Waals surface area contributed by atoms with Crippen molar-refractivity contribution < 1.29 is 19.1 Å². The molecule has 0 saturated heterocycles. The second-order valence-electron chi connectivity index (χ2n) is 7.88. The van der Waals surface area contributed by atoms with Crippen LogP contribution in [0.15, 0.2) is 84.9 Å². The first kappa shape index (κ1) is 25.0. The van der Waals surface area contributed by atoms with Crippen molar-refractivity contribution in [3.05, 3.63) is 107 Å². The molecule has 0 aromatic heterocycles. The molecule has 0 saturated carbocycles. The minimum atomic E-state index is -1.07. The van der Waals surface area contributed by atoms with E-state index in [4.69, 9.17) is 10.5 Å². The fourth-order valence-electron chi connectivity index (χ4n) is 3.49. The third kappa shape index (κ3) is 7.72. The van der Waals surface area contributed by atoms with Gasteiger partial charge in [0.1, 0.15) is 18.7 Å². The molecule has 3 aromatic rings. The number of benzene rings is 3. The van der Waals surface area contributed by atoms with Crippen LogP contribution in [0.4, 0.5) is 4.79 Å². The monoisotopic (exact) mass is 470 g/mol. The molecule has 0 aliphatic carbocycles. The maximum Gasteiger partial charge on any atom is 0.408 e. The number of carbonyl (C=O) groups excluding carboxylic acids is 3. The smallest absolute Gasteiger partial charge is 0.408 e. The van der Waals surface area contributed by atoms with Gasteiger partial charge in [0.2, 0.25) is 11.8 Å². The number of ether oxygens (including phenoxy) is 1. The standard InChI is InChI=1S/C27H26N4O4/c28-17-22-14-8-7-13-21(22)16-23(25(29)32)30-26(33)24(15-19-9-3-1-4-10-19)31-27(34)35-18-20-11-5-2-6-12-20/h1-14,23-24H,15-16,18H2,(H2,29,32)(H,30,33)(H,31,34)/t23-,24+/m1/s1. The van der Waals surface area contributed by atoms with Gasteiger partial charge in [-0.2, -0.15) is 5.26 Å². The van der Waals surface area contributed by atoms with Crippen molar-refractivity contribution in [1.29, 1.82) is 5.26 Å². The van der Waals surface area contributed by atoms with E-state index >= 15 is 0 Å². The van der Waals surface area contributed by atoms with Gasteiger partial charge in [0, 0.05) is 12.8 Å². The van der Waals surface area contributed by atoms with Gasteiger partial charge in [0.15, 0.2) is 0 Å². The van der Waals surface area contributed by atoms with Crippen LogP contribution in [-0.4, -0.2) is 30.0 Å². The molecule has 0 heterocycles. The number of nitrogens with two attached hydrogens (primary N) is 1. The number of amides is 3. The van der Waals surface area contributed by atoms with Crippen molar-refractivity contribution in [1.82, 2.24) is 10.6 Å². The summed E-state index contributed by atoms with van der Waals surface area (Å²) in [4.78, 5) is 37.8. The summed E-state index contributed by atoms with van der Waals surface area (Å²) in [6, 6.07) is 25.0. The van der Waals surface area contributed by atoms with Gasteiger partial charge in [-0.05, 0) is 22.8 Å². The molecule has 0 aliphatic heterocycles. The fraction of sp³-hybridized carbons (Fsp3) is 0.185. The molecular formula is C27H26N4O4. The second-order valence-corrected chi connectivity index (χ2v) is 7.88. The van der Waals surface area contributed by atoms with Crippen LogP contribution >= 0.6 is 0 Å². The first-order chi connectivity index (χ1) is 17.0. The lowest BCUT2D eigenvalue weighted by Gasteiger charge is -2.22. The van der Waals surface area contributed by atoms with E-state index in [1.165, 1.54) is 0 Å². The van der Waals surface area contributed by atoms with Crippen molar-refractivity contribution in [3.8, 4) is 6.07 Å². The summed E-state index contributed by atoms with van der Waals surface area (Å²) in [6.45, 7) is 0.0429. The molecule has 3 aromatic carbocycles. The number of hydrogen-bond donors (Lipinski definition) is 3. The molecule has 3 amide bonds. The van der Waals surface area contributed by atoms with Crippen LogP contribution in [0, 0.1) is 11.3 Å². The molecule has 2 atom stereocenters. The average Bonchev–Trinajstić information content (AvgIpc) is 2.88. The fourth-order valence-corrected chi connectivity index (χ4v) is 3.49. The molecule has 178 valence electrons. The van der Waals surface area contributed by atoms with Gasteiger partial charge < -0.3 is 21.1 Å². The molecule has 35 heavy (non-hydrogen) atoms. The Morgan fingerprint density at radius 2 is 1.40 bits per heavy atom. The Balaban J connectivity index is 1.72. The van der Waals surface area contributed by atoms with E-state index < -0.39 is 30.0 Å².